The van der Waals surface area contributed by atoms with E-state index in [9.17, 15) is 4.57 Å². The molecule has 1 aliphatic heterocycles. The summed E-state index contributed by atoms with van der Waals surface area (Å²) in [5, 5.41) is 5.74. The number of hydrogen-bond acceptors (Lipinski definition) is 4. The molecule has 1 aliphatic rings. The average Bonchev–Trinajstić information content (AvgIpc) is 3.08. The van der Waals surface area contributed by atoms with Crippen molar-refractivity contribution in [2.45, 2.75) is 0 Å². The molecule has 0 spiro atoms. The molecule has 0 aliphatic carbocycles. The third kappa shape index (κ3) is 3.84. The van der Waals surface area contributed by atoms with Crippen molar-refractivity contribution in [2.24, 2.45) is 0 Å². The van der Waals surface area contributed by atoms with Gasteiger partial charge in [0.2, 0.25) is 0 Å². The van der Waals surface area contributed by atoms with Crippen LogP contribution in [-0.4, -0.2) is 4.98 Å². The number of hydrogen-bond donors (Lipinski definition) is 0. The number of nitrogens with zero attached hydrogens (tertiary/aromatic N) is 1. The molecule has 0 unspecified atom stereocenters. The van der Waals surface area contributed by atoms with E-state index in [1.54, 1.807) is 0 Å². The minimum Gasteiger partial charge on any atom is -0.449 e. The molecule has 0 fully saturated rings. The van der Waals surface area contributed by atoms with E-state index in [2.05, 4.69) is 24.3 Å². The smallest absolute Gasteiger partial charge is 0.188 e. The number of ether oxygens (including phenoxy) is 2. The van der Waals surface area contributed by atoms with Crippen LogP contribution in [-0.2, 0) is 4.57 Å². The molecule has 0 amide bonds. The third-order valence-corrected chi connectivity index (χ3v) is 10.7. The van der Waals surface area contributed by atoms with Gasteiger partial charge in [0.1, 0.15) is 5.44 Å². The Hall–Kier alpha value is -5.18. The fourth-order valence-electron chi connectivity index (χ4n) is 5.78. The normalized spacial score (nSPS) is 12.3. The predicted octanol–water partition coefficient (Wildman–Crippen LogP) is 8.59. The van der Waals surface area contributed by atoms with Crippen LogP contribution in [0.4, 0.5) is 0 Å². The van der Waals surface area contributed by atoms with Crippen LogP contribution >= 0.6 is 7.14 Å². The fraction of sp³-hybridized carbons (Fsp3) is 0. The molecule has 1 aromatic heterocycles. The van der Waals surface area contributed by atoms with Gasteiger partial charge in [-0.2, -0.15) is 0 Å². The highest BCUT2D eigenvalue weighted by Gasteiger charge is 2.31. The Bertz CT molecular complexity index is 2130. The molecular weight excluding hydrogens is 537 g/mol. The predicted molar refractivity (Wildman–Crippen MR) is 171 cm³/mol. The van der Waals surface area contributed by atoms with Gasteiger partial charge in [0.15, 0.2) is 30.1 Å². The molecule has 5 heteroatoms. The van der Waals surface area contributed by atoms with Crippen molar-refractivity contribution in [3.8, 4) is 34.3 Å². The summed E-state index contributed by atoms with van der Waals surface area (Å²) in [5.74, 6) is 2.67. The van der Waals surface area contributed by atoms with E-state index in [4.69, 9.17) is 14.5 Å². The lowest BCUT2D eigenvalue weighted by Gasteiger charge is -2.24. The summed E-state index contributed by atoms with van der Waals surface area (Å²) < 4.78 is 28.0. The van der Waals surface area contributed by atoms with Gasteiger partial charge in [-0.05, 0) is 41.1 Å². The van der Waals surface area contributed by atoms with E-state index in [-0.39, 0.29) is 0 Å². The van der Waals surface area contributed by atoms with E-state index in [0.717, 1.165) is 43.5 Å². The van der Waals surface area contributed by atoms with Crippen LogP contribution in [0.1, 0.15) is 0 Å². The number of aromatic nitrogens is 1. The first kappa shape index (κ1) is 24.6. The highest BCUT2D eigenvalue weighted by molar-refractivity contribution is 7.85. The Balaban J connectivity index is 1.24. The van der Waals surface area contributed by atoms with Crippen LogP contribution in [0.25, 0.3) is 32.8 Å². The van der Waals surface area contributed by atoms with Crippen LogP contribution < -0.4 is 25.5 Å². The van der Waals surface area contributed by atoms with Gasteiger partial charge in [-0.3, -0.25) is 0 Å². The van der Waals surface area contributed by atoms with Crippen molar-refractivity contribution in [1.82, 2.24) is 4.98 Å². The van der Waals surface area contributed by atoms with Crippen LogP contribution in [0.2, 0.25) is 0 Å². The topological polar surface area (TPSA) is 48.4 Å². The molecule has 0 radical (unpaired) electrons. The summed E-state index contributed by atoms with van der Waals surface area (Å²) in [7, 11) is -3.21. The lowest BCUT2D eigenvalue weighted by molar-refractivity contribution is 0.367. The monoisotopic (exact) mass is 561 g/mol. The molecule has 2 heterocycles. The van der Waals surface area contributed by atoms with Gasteiger partial charge < -0.3 is 14.0 Å². The fourth-order valence-corrected chi connectivity index (χ4v) is 8.34. The molecule has 0 saturated heterocycles. The molecule has 200 valence electrons. The molecule has 0 atom stereocenters. The van der Waals surface area contributed by atoms with Crippen molar-refractivity contribution in [2.75, 3.05) is 0 Å². The Morgan fingerprint density at radius 1 is 0.476 bits per heavy atom. The quantitative estimate of drug-likeness (QED) is 0.160. The summed E-state index contributed by atoms with van der Waals surface area (Å²) in [6.45, 7) is 0. The minimum atomic E-state index is -3.21. The van der Waals surface area contributed by atoms with Gasteiger partial charge >= 0.3 is 0 Å². The van der Waals surface area contributed by atoms with Gasteiger partial charge in [-0.25, -0.2) is 4.98 Å². The molecule has 42 heavy (non-hydrogen) atoms. The zero-order valence-corrected chi connectivity index (χ0v) is 23.4. The Morgan fingerprint density at radius 3 is 1.60 bits per heavy atom. The number of rotatable bonds is 4. The molecular formula is C37H24NO3P. The maximum absolute atomic E-state index is 14.9. The van der Waals surface area contributed by atoms with E-state index in [1.807, 2.05) is 121 Å². The van der Waals surface area contributed by atoms with Crippen molar-refractivity contribution in [1.29, 1.82) is 0 Å². The molecule has 4 nitrogen and oxygen atoms in total. The lowest BCUT2D eigenvalue weighted by Crippen LogP contribution is -2.27. The molecule has 0 bridgehead atoms. The van der Waals surface area contributed by atoms with Crippen molar-refractivity contribution in [3.63, 3.8) is 0 Å². The largest absolute Gasteiger partial charge is 0.449 e. The zero-order valence-electron chi connectivity index (χ0n) is 22.5. The van der Waals surface area contributed by atoms with Gasteiger partial charge in [-0.15, -0.1) is 0 Å². The molecule has 7 aromatic rings. The molecule has 8 rings (SSSR count). The second-order valence-electron chi connectivity index (χ2n) is 10.3. The van der Waals surface area contributed by atoms with Crippen molar-refractivity contribution < 1.29 is 14.0 Å². The van der Waals surface area contributed by atoms with E-state index < -0.39 is 7.14 Å². The Morgan fingerprint density at radius 2 is 1.00 bits per heavy atom. The second-order valence-corrected chi connectivity index (χ2v) is 13.0. The van der Waals surface area contributed by atoms with Gasteiger partial charge in [0, 0.05) is 26.9 Å². The van der Waals surface area contributed by atoms with Gasteiger partial charge in [0.05, 0.1) is 5.69 Å². The average molecular weight is 562 g/mol. The van der Waals surface area contributed by atoms with Crippen LogP contribution in [0.3, 0.4) is 0 Å². The maximum atomic E-state index is 14.9. The molecule has 6 aromatic carbocycles. The first-order valence-corrected chi connectivity index (χ1v) is 15.5. The SMILES string of the molecule is O=P(c1ccccc1)(c1ccccc1)c1cccc(-c2ccc3c(c2)Oc2c(c4ccccc4c4ccccc24)O3)n1. The highest BCUT2D eigenvalue weighted by Crippen LogP contribution is 2.53. The minimum absolute atomic E-state index is 0.537. The second kappa shape index (κ2) is 9.73. The molecule has 0 N–H and O–H groups in total. The standard InChI is InChI=1S/C37H24NO3P/c39-42(26-12-3-1-4-13-26,27-14-5-2-6-15-27)35-21-11-20-32(38-35)25-22-23-33-34(24-25)41-37-31-19-10-8-17-29(31)28-16-7-9-18-30(28)36(37)40-33/h1-24H. The highest BCUT2D eigenvalue weighted by atomic mass is 31.2. The third-order valence-electron chi connectivity index (χ3n) is 7.80. The summed E-state index contributed by atoms with van der Waals surface area (Å²) >= 11 is 0. The zero-order chi connectivity index (χ0) is 28.1. The first-order valence-electron chi connectivity index (χ1n) is 13.8. The van der Waals surface area contributed by atoms with Crippen molar-refractivity contribution >= 4 is 44.7 Å². The number of fused-ring (bicyclic) bond motifs is 7. The van der Waals surface area contributed by atoms with Gasteiger partial charge in [0.25, 0.3) is 0 Å². The number of pyridine rings is 1. The summed E-state index contributed by atoms with van der Waals surface area (Å²) in [4.78, 5) is 4.99. The van der Waals surface area contributed by atoms with Gasteiger partial charge in [-0.1, -0.05) is 115 Å². The summed E-state index contributed by atoms with van der Waals surface area (Å²) in [6, 6.07) is 47.2. The summed E-state index contributed by atoms with van der Waals surface area (Å²) in [5.41, 5.74) is 2.09. The van der Waals surface area contributed by atoms with E-state index in [0.29, 0.717) is 28.4 Å². The maximum Gasteiger partial charge on any atom is 0.188 e. The van der Waals surface area contributed by atoms with Crippen LogP contribution in [0.15, 0.2) is 146 Å². The summed E-state index contributed by atoms with van der Waals surface area (Å²) in [6.07, 6.45) is 0. The van der Waals surface area contributed by atoms with E-state index in [1.165, 1.54) is 0 Å². The van der Waals surface area contributed by atoms with Crippen molar-refractivity contribution in [3.05, 3.63) is 146 Å². The van der Waals surface area contributed by atoms with E-state index >= 15 is 0 Å². The number of benzene rings is 6. The Labute approximate surface area is 243 Å². The Kier molecular flexibility index (Phi) is 5.70. The lowest BCUT2D eigenvalue weighted by atomic mass is 9.99. The molecule has 0 saturated carbocycles. The van der Waals surface area contributed by atoms with Crippen LogP contribution in [0.5, 0.6) is 23.0 Å². The van der Waals surface area contributed by atoms with Crippen LogP contribution in [0, 0.1) is 0 Å². The first-order chi connectivity index (χ1) is 20.7.